The van der Waals surface area contributed by atoms with E-state index in [1.165, 1.54) is 20.2 Å². The Balaban J connectivity index is 1.66. The van der Waals surface area contributed by atoms with Gasteiger partial charge in [-0.05, 0) is 57.0 Å². The standard InChI is InChI=1S/C25H31N3O5S/c1-5-32-22-10-8-9-18-15-23(33-24(18)22)17(2)26-25(29)20-16-19(34(30,31)27(3)4)11-12-21(20)28-13-6-7-14-28/h8-12,15-17H,5-7,13-14H2,1-4H3,(H,26,29). The minimum absolute atomic E-state index is 0.0864. The Labute approximate surface area is 200 Å². The molecule has 9 heteroatoms. The second kappa shape index (κ2) is 9.68. The molecule has 1 N–H and O–H groups in total. The van der Waals surface area contributed by atoms with Crippen LogP contribution >= 0.6 is 0 Å². The van der Waals surface area contributed by atoms with Crippen molar-refractivity contribution in [3.8, 4) is 5.75 Å². The Bertz CT molecular complexity index is 1290. The predicted molar refractivity (Wildman–Crippen MR) is 132 cm³/mol. The largest absolute Gasteiger partial charge is 0.490 e. The van der Waals surface area contributed by atoms with Gasteiger partial charge in [0.15, 0.2) is 11.3 Å². The van der Waals surface area contributed by atoms with E-state index in [1.54, 1.807) is 12.1 Å². The van der Waals surface area contributed by atoms with Crippen LogP contribution in [0.15, 0.2) is 51.8 Å². The molecule has 1 aromatic heterocycles. The Morgan fingerprint density at radius 1 is 1.18 bits per heavy atom. The van der Waals surface area contributed by atoms with Crippen LogP contribution in [0.4, 0.5) is 5.69 Å². The van der Waals surface area contributed by atoms with Gasteiger partial charge in [-0.3, -0.25) is 4.79 Å². The summed E-state index contributed by atoms with van der Waals surface area (Å²) in [6, 6.07) is 11.9. The summed E-state index contributed by atoms with van der Waals surface area (Å²) in [7, 11) is -0.727. The quantitative estimate of drug-likeness (QED) is 0.515. The van der Waals surface area contributed by atoms with E-state index in [0.29, 0.717) is 29.3 Å². The molecule has 8 nitrogen and oxygen atoms in total. The topological polar surface area (TPSA) is 92.1 Å². The van der Waals surface area contributed by atoms with Gasteiger partial charge in [0, 0.05) is 38.3 Å². The van der Waals surface area contributed by atoms with E-state index in [-0.39, 0.29) is 10.8 Å². The smallest absolute Gasteiger partial charge is 0.254 e. The van der Waals surface area contributed by atoms with Gasteiger partial charge in [-0.2, -0.15) is 0 Å². The summed E-state index contributed by atoms with van der Waals surface area (Å²) in [6.07, 6.45) is 2.08. The maximum atomic E-state index is 13.4. The van der Waals surface area contributed by atoms with Crippen molar-refractivity contribution in [1.82, 2.24) is 9.62 Å². The van der Waals surface area contributed by atoms with Crippen molar-refractivity contribution in [2.75, 3.05) is 38.7 Å². The Kier molecular flexibility index (Phi) is 6.86. The van der Waals surface area contributed by atoms with Crippen LogP contribution in [-0.4, -0.2) is 52.4 Å². The molecule has 0 radical (unpaired) electrons. The van der Waals surface area contributed by atoms with Gasteiger partial charge in [0.1, 0.15) is 5.76 Å². The molecule has 34 heavy (non-hydrogen) atoms. The summed E-state index contributed by atoms with van der Waals surface area (Å²) in [5.74, 6) is 0.897. The van der Waals surface area contributed by atoms with Gasteiger partial charge in [0.2, 0.25) is 10.0 Å². The molecule has 1 amide bonds. The Morgan fingerprint density at radius 2 is 1.91 bits per heavy atom. The van der Waals surface area contributed by atoms with E-state index in [2.05, 4.69) is 10.2 Å². The number of para-hydroxylation sites is 1. The van der Waals surface area contributed by atoms with Crippen LogP contribution < -0.4 is 15.0 Å². The first-order valence-corrected chi connectivity index (χ1v) is 12.9. The third-order valence-corrected chi connectivity index (χ3v) is 7.85. The number of nitrogens with zero attached hydrogens (tertiary/aromatic N) is 2. The van der Waals surface area contributed by atoms with Gasteiger partial charge in [0.25, 0.3) is 5.91 Å². The van der Waals surface area contributed by atoms with E-state index >= 15 is 0 Å². The predicted octanol–water partition coefficient (Wildman–Crippen LogP) is 4.17. The molecular weight excluding hydrogens is 454 g/mol. The first-order chi connectivity index (χ1) is 16.2. The molecule has 0 bridgehead atoms. The number of carbonyl (C=O) groups excluding carboxylic acids is 1. The van der Waals surface area contributed by atoms with Crippen molar-refractivity contribution < 1.29 is 22.4 Å². The highest BCUT2D eigenvalue weighted by Gasteiger charge is 2.26. The van der Waals surface area contributed by atoms with Crippen molar-refractivity contribution in [2.24, 2.45) is 0 Å². The lowest BCUT2D eigenvalue weighted by molar-refractivity contribution is 0.0936. The van der Waals surface area contributed by atoms with Crippen LogP contribution in [0.1, 0.15) is 48.8 Å². The Hall–Kier alpha value is -3.04. The maximum absolute atomic E-state index is 13.4. The summed E-state index contributed by atoms with van der Waals surface area (Å²) >= 11 is 0. The average molecular weight is 486 g/mol. The lowest BCUT2D eigenvalue weighted by Gasteiger charge is -2.23. The number of sulfonamides is 1. The normalized spacial score (nSPS) is 15.1. The minimum Gasteiger partial charge on any atom is -0.490 e. The number of benzene rings is 2. The zero-order valence-electron chi connectivity index (χ0n) is 20.0. The number of amides is 1. The molecule has 4 rings (SSSR count). The number of ether oxygens (including phenoxy) is 1. The lowest BCUT2D eigenvalue weighted by Crippen LogP contribution is -2.30. The van der Waals surface area contributed by atoms with Gasteiger partial charge in [0.05, 0.1) is 23.1 Å². The number of furan rings is 1. The van der Waals surface area contributed by atoms with Crippen molar-refractivity contribution in [1.29, 1.82) is 0 Å². The van der Waals surface area contributed by atoms with Crippen LogP contribution in [0.5, 0.6) is 5.75 Å². The summed E-state index contributed by atoms with van der Waals surface area (Å²) < 4.78 is 38.3. The van der Waals surface area contributed by atoms with Gasteiger partial charge in [-0.25, -0.2) is 12.7 Å². The molecule has 1 unspecified atom stereocenters. The number of hydrogen-bond acceptors (Lipinski definition) is 6. The van der Waals surface area contributed by atoms with Crippen LogP contribution in [0, 0.1) is 0 Å². The van der Waals surface area contributed by atoms with Gasteiger partial charge in [-0.15, -0.1) is 0 Å². The first kappa shape index (κ1) is 24.1. The number of carbonyl (C=O) groups is 1. The maximum Gasteiger partial charge on any atom is 0.254 e. The third-order valence-electron chi connectivity index (χ3n) is 6.04. The minimum atomic E-state index is -3.68. The SMILES string of the molecule is CCOc1cccc2cc(C(C)NC(=O)c3cc(S(=O)(=O)N(C)C)ccc3N3CCCC3)oc12. The van der Waals surface area contributed by atoms with E-state index in [1.807, 2.05) is 38.1 Å². The van der Waals surface area contributed by atoms with E-state index in [9.17, 15) is 13.2 Å². The summed E-state index contributed by atoms with van der Waals surface area (Å²) in [4.78, 5) is 15.6. The molecule has 182 valence electrons. The number of hydrogen-bond donors (Lipinski definition) is 1. The molecule has 2 heterocycles. The molecule has 1 atom stereocenters. The number of fused-ring (bicyclic) bond motifs is 1. The van der Waals surface area contributed by atoms with E-state index in [0.717, 1.165) is 41.3 Å². The third kappa shape index (κ3) is 4.63. The zero-order chi connectivity index (χ0) is 24.5. The molecule has 2 aromatic carbocycles. The van der Waals surface area contributed by atoms with Gasteiger partial charge in [-0.1, -0.05) is 12.1 Å². The zero-order valence-corrected chi connectivity index (χ0v) is 20.8. The molecular formula is C25H31N3O5S. The van der Waals surface area contributed by atoms with Crippen molar-refractivity contribution in [2.45, 2.75) is 37.6 Å². The van der Waals surface area contributed by atoms with Gasteiger partial charge < -0.3 is 19.4 Å². The number of anilines is 1. The van der Waals surface area contributed by atoms with Crippen LogP contribution in [-0.2, 0) is 10.0 Å². The van der Waals surface area contributed by atoms with Crippen LogP contribution in [0.25, 0.3) is 11.0 Å². The van der Waals surface area contributed by atoms with E-state index in [4.69, 9.17) is 9.15 Å². The molecule has 1 saturated heterocycles. The summed E-state index contributed by atoms with van der Waals surface area (Å²) in [5, 5.41) is 3.88. The molecule has 3 aromatic rings. The summed E-state index contributed by atoms with van der Waals surface area (Å²) in [5.41, 5.74) is 1.71. The Morgan fingerprint density at radius 3 is 2.59 bits per heavy atom. The molecule has 0 aliphatic carbocycles. The van der Waals surface area contributed by atoms with Crippen molar-refractivity contribution in [3.63, 3.8) is 0 Å². The number of rotatable bonds is 8. The van der Waals surface area contributed by atoms with Crippen molar-refractivity contribution >= 4 is 32.6 Å². The second-order valence-electron chi connectivity index (χ2n) is 8.61. The highest BCUT2D eigenvalue weighted by atomic mass is 32.2. The molecule has 0 saturated carbocycles. The number of nitrogens with one attached hydrogen (secondary N) is 1. The first-order valence-electron chi connectivity index (χ1n) is 11.5. The summed E-state index contributed by atoms with van der Waals surface area (Å²) in [6.45, 7) is 5.94. The highest BCUT2D eigenvalue weighted by molar-refractivity contribution is 7.89. The fourth-order valence-electron chi connectivity index (χ4n) is 4.19. The van der Waals surface area contributed by atoms with Gasteiger partial charge >= 0.3 is 0 Å². The molecule has 0 spiro atoms. The van der Waals surface area contributed by atoms with Crippen molar-refractivity contribution in [3.05, 3.63) is 53.8 Å². The second-order valence-corrected chi connectivity index (χ2v) is 10.8. The monoisotopic (exact) mass is 485 g/mol. The fourth-order valence-corrected chi connectivity index (χ4v) is 5.11. The van der Waals surface area contributed by atoms with Crippen LogP contribution in [0.3, 0.4) is 0 Å². The van der Waals surface area contributed by atoms with E-state index < -0.39 is 16.1 Å². The molecule has 1 fully saturated rings. The average Bonchev–Trinajstić information content (AvgIpc) is 3.49. The molecule has 1 aliphatic rings. The highest BCUT2D eigenvalue weighted by Crippen LogP contribution is 2.32. The molecule has 1 aliphatic heterocycles. The fraction of sp³-hybridized carbons (Fsp3) is 0.400. The lowest BCUT2D eigenvalue weighted by atomic mass is 10.1. The van der Waals surface area contributed by atoms with Crippen LogP contribution in [0.2, 0.25) is 0 Å².